The average molecular weight is 368 g/mol. The van der Waals surface area contributed by atoms with Crippen LogP contribution < -0.4 is 10.1 Å². The summed E-state index contributed by atoms with van der Waals surface area (Å²) in [5.41, 5.74) is 2.97. The molecule has 0 heterocycles. The highest BCUT2D eigenvalue weighted by Gasteiger charge is 2.26. The van der Waals surface area contributed by atoms with Crippen LogP contribution in [-0.4, -0.2) is 36.4 Å². The summed E-state index contributed by atoms with van der Waals surface area (Å²) in [5.74, 6) is 0.490. The van der Waals surface area contributed by atoms with Crippen molar-refractivity contribution in [2.45, 2.75) is 39.8 Å². The van der Waals surface area contributed by atoms with Gasteiger partial charge in [0.05, 0.1) is 13.5 Å². The Kier molecular flexibility index (Phi) is 7.41. The highest BCUT2D eigenvalue weighted by atomic mass is 16.5. The van der Waals surface area contributed by atoms with Crippen LogP contribution >= 0.6 is 0 Å². The second-order valence-corrected chi connectivity index (χ2v) is 6.61. The Balaban J connectivity index is 2.24. The normalized spacial score (nSPS) is 11.6. The number of ether oxygens (including phenoxy) is 1. The summed E-state index contributed by atoms with van der Waals surface area (Å²) >= 11 is 0. The highest BCUT2D eigenvalue weighted by molar-refractivity contribution is 5.88. The van der Waals surface area contributed by atoms with Crippen LogP contribution in [0.5, 0.6) is 5.75 Å². The van der Waals surface area contributed by atoms with Crippen molar-refractivity contribution >= 4 is 11.8 Å². The van der Waals surface area contributed by atoms with Crippen molar-refractivity contribution in [3.63, 3.8) is 0 Å². The van der Waals surface area contributed by atoms with Gasteiger partial charge >= 0.3 is 0 Å². The molecule has 0 bridgehead atoms. The second-order valence-electron chi connectivity index (χ2n) is 6.61. The molecule has 0 aliphatic rings. The first-order valence-corrected chi connectivity index (χ1v) is 9.20. The van der Waals surface area contributed by atoms with E-state index in [1.807, 2.05) is 62.4 Å². The Bertz CT molecular complexity index is 789. The molecule has 144 valence electrons. The molecule has 5 heteroatoms. The summed E-state index contributed by atoms with van der Waals surface area (Å²) in [6.45, 7) is 6.51. The number of carbonyl (C=O) groups is 2. The van der Waals surface area contributed by atoms with Gasteiger partial charge in [-0.15, -0.1) is 0 Å². The van der Waals surface area contributed by atoms with Crippen molar-refractivity contribution in [3.05, 3.63) is 65.2 Å². The largest absolute Gasteiger partial charge is 0.497 e. The van der Waals surface area contributed by atoms with E-state index in [0.29, 0.717) is 13.1 Å². The average Bonchev–Trinajstić information content (AvgIpc) is 2.66. The molecule has 27 heavy (non-hydrogen) atoms. The number of aryl methyl sites for hydroxylation is 1. The van der Waals surface area contributed by atoms with Gasteiger partial charge in [-0.1, -0.05) is 42.0 Å². The lowest BCUT2D eigenvalue weighted by atomic mass is 10.1. The Morgan fingerprint density at radius 1 is 1.11 bits per heavy atom. The van der Waals surface area contributed by atoms with Gasteiger partial charge in [0.15, 0.2) is 0 Å². The van der Waals surface area contributed by atoms with Crippen molar-refractivity contribution in [2.75, 3.05) is 13.7 Å². The van der Waals surface area contributed by atoms with Gasteiger partial charge in [-0.05, 0) is 44.0 Å². The van der Waals surface area contributed by atoms with Gasteiger partial charge in [-0.2, -0.15) is 0 Å². The maximum absolute atomic E-state index is 13.0. The van der Waals surface area contributed by atoms with E-state index in [-0.39, 0.29) is 18.2 Å². The number of benzene rings is 2. The third-order valence-corrected chi connectivity index (χ3v) is 4.44. The molecule has 0 unspecified atom stereocenters. The molecule has 0 saturated heterocycles. The molecule has 2 aromatic rings. The SMILES string of the molecule is CCNC(=O)[C@H](C)N(Cc1cccc(OC)c1)C(=O)Cc1cccc(C)c1. The van der Waals surface area contributed by atoms with Gasteiger partial charge in [0.2, 0.25) is 11.8 Å². The van der Waals surface area contributed by atoms with Crippen LogP contribution in [0.2, 0.25) is 0 Å². The van der Waals surface area contributed by atoms with Crippen molar-refractivity contribution in [2.24, 2.45) is 0 Å². The van der Waals surface area contributed by atoms with Gasteiger partial charge in [-0.3, -0.25) is 9.59 Å². The first-order chi connectivity index (χ1) is 12.9. The van der Waals surface area contributed by atoms with E-state index in [4.69, 9.17) is 4.74 Å². The number of hydrogen-bond donors (Lipinski definition) is 1. The molecule has 2 amide bonds. The van der Waals surface area contributed by atoms with E-state index in [0.717, 1.165) is 22.4 Å². The standard InChI is InChI=1S/C22H28N2O3/c1-5-23-22(26)17(3)24(15-19-10-7-11-20(13-19)27-4)21(25)14-18-9-6-8-16(2)12-18/h6-13,17H,5,14-15H2,1-4H3,(H,23,26)/t17-/m0/s1. The Morgan fingerprint density at radius 3 is 2.48 bits per heavy atom. The molecule has 0 saturated carbocycles. The Morgan fingerprint density at radius 2 is 1.81 bits per heavy atom. The van der Waals surface area contributed by atoms with Crippen LogP contribution in [0.4, 0.5) is 0 Å². The van der Waals surface area contributed by atoms with Crippen LogP contribution in [-0.2, 0) is 22.6 Å². The number of nitrogens with zero attached hydrogens (tertiary/aromatic N) is 1. The fourth-order valence-electron chi connectivity index (χ4n) is 2.97. The van der Waals surface area contributed by atoms with E-state index >= 15 is 0 Å². The third kappa shape index (κ3) is 5.84. The van der Waals surface area contributed by atoms with Gasteiger partial charge in [0.1, 0.15) is 11.8 Å². The fraction of sp³-hybridized carbons (Fsp3) is 0.364. The quantitative estimate of drug-likeness (QED) is 0.779. The lowest BCUT2D eigenvalue weighted by Gasteiger charge is -2.29. The van der Waals surface area contributed by atoms with Crippen molar-refractivity contribution < 1.29 is 14.3 Å². The van der Waals surface area contributed by atoms with E-state index in [1.54, 1.807) is 18.9 Å². The van der Waals surface area contributed by atoms with Crippen LogP contribution in [0.3, 0.4) is 0 Å². The molecule has 5 nitrogen and oxygen atoms in total. The lowest BCUT2D eigenvalue weighted by Crippen LogP contribution is -2.48. The summed E-state index contributed by atoms with van der Waals surface area (Å²) in [7, 11) is 1.61. The molecule has 2 rings (SSSR count). The lowest BCUT2D eigenvalue weighted by molar-refractivity contribution is -0.140. The summed E-state index contributed by atoms with van der Waals surface area (Å²) < 4.78 is 5.27. The molecular formula is C22H28N2O3. The van der Waals surface area contributed by atoms with Crippen molar-refractivity contribution in [1.29, 1.82) is 0 Å². The third-order valence-electron chi connectivity index (χ3n) is 4.44. The zero-order chi connectivity index (χ0) is 19.8. The van der Waals surface area contributed by atoms with E-state index in [2.05, 4.69) is 5.32 Å². The smallest absolute Gasteiger partial charge is 0.242 e. The maximum atomic E-state index is 13.0. The molecule has 1 atom stereocenters. The van der Waals surface area contributed by atoms with Crippen molar-refractivity contribution in [3.8, 4) is 5.75 Å². The van der Waals surface area contributed by atoms with Crippen LogP contribution in [0.1, 0.15) is 30.5 Å². The Labute approximate surface area is 161 Å². The minimum absolute atomic E-state index is 0.0813. The molecule has 1 N–H and O–H groups in total. The predicted octanol–water partition coefficient (Wildman–Crippen LogP) is 3.10. The van der Waals surface area contributed by atoms with Gasteiger partial charge in [-0.25, -0.2) is 0 Å². The first-order valence-electron chi connectivity index (χ1n) is 9.20. The Hall–Kier alpha value is -2.82. The number of likely N-dealkylation sites (N-methyl/N-ethyl adjacent to an activating group) is 1. The zero-order valence-electron chi connectivity index (χ0n) is 16.5. The summed E-state index contributed by atoms with van der Waals surface area (Å²) in [4.78, 5) is 27.1. The van der Waals surface area contributed by atoms with E-state index < -0.39 is 6.04 Å². The molecule has 0 aromatic heterocycles. The molecule has 0 aliphatic carbocycles. The highest BCUT2D eigenvalue weighted by Crippen LogP contribution is 2.17. The first kappa shape index (κ1) is 20.5. The number of hydrogen-bond acceptors (Lipinski definition) is 3. The molecule has 0 radical (unpaired) electrons. The predicted molar refractivity (Wildman–Crippen MR) is 107 cm³/mol. The number of amides is 2. The molecular weight excluding hydrogens is 340 g/mol. The number of rotatable bonds is 8. The monoisotopic (exact) mass is 368 g/mol. The number of nitrogens with one attached hydrogen (secondary N) is 1. The zero-order valence-corrected chi connectivity index (χ0v) is 16.5. The summed E-state index contributed by atoms with van der Waals surface area (Å²) in [6, 6.07) is 14.9. The summed E-state index contributed by atoms with van der Waals surface area (Å²) in [5, 5.41) is 2.80. The van der Waals surface area contributed by atoms with Gasteiger partial charge in [0.25, 0.3) is 0 Å². The maximum Gasteiger partial charge on any atom is 0.242 e. The van der Waals surface area contributed by atoms with Crippen LogP contribution in [0.15, 0.2) is 48.5 Å². The topological polar surface area (TPSA) is 58.6 Å². The van der Waals surface area contributed by atoms with Crippen LogP contribution in [0.25, 0.3) is 0 Å². The molecule has 0 spiro atoms. The molecule has 0 fully saturated rings. The minimum Gasteiger partial charge on any atom is -0.497 e. The number of methoxy groups -OCH3 is 1. The van der Waals surface area contributed by atoms with Crippen LogP contribution in [0, 0.1) is 6.92 Å². The summed E-state index contributed by atoms with van der Waals surface area (Å²) in [6.07, 6.45) is 0.259. The molecule has 0 aliphatic heterocycles. The second kappa shape index (κ2) is 9.76. The van der Waals surface area contributed by atoms with Gasteiger partial charge < -0.3 is 15.0 Å². The van der Waals surface area contributed by atoms with Gasteiger partial charge in [0, 0.05) is 13.1 Å². The fourth-order valence-corrected chi connectivity index (χ4v) is 2.97. The van der Waals surface area contributed by atoms with Crippen molar-refractivity contribution in [1.82, 2.24) is 10.2 Å². The minimum atomic E-state index is -0.562. The van der Waals surface area contributed by atoms with E-state index in [1.165, 1.54) is 0 Å². The van der Waals surface area contributed by atoms with E-state index in [9.17, 15) is 9.59 Å². The number of carbonyl (C=O) groups excluding carboxylic acids is 2. The molecule has 2 aromatic carbocycles.